The smallest absolute Gasteiger partial charge is 0.222 e. The van der Waals surface area contributed by atoms with Gasteiger partial charge in [0.25, 0.3) is 0 Å². The van der Waals surface area contributed by atoms with Crippen molar-refractivity contribution in [3.8, 4) is 5.75 Å². The van der Waals surface area contributed by atoms with Gasteiger partial charge in [-0.2, -0.15) is 0 Å². The Morgan fingerprint density at radius 2 is 1.95 bits per heavy atom. The van der Waals surface area contributed by atoms with Crippen molar-refractivity contribution in [1.29, 1.82) is 0 Å². The molecule has 1 aromatic carbocycles. The van der Waals surface area contributed by atoms with Gasteiger partial charge in [-0.15, -0.1) is 12.4 Å². The van der Waals surface area contributed by atoms with Crippen molar-refractivity contribution in [3.05, 3.63) is 29.8 Å². The van der Waals surface area contributed by atoms with Crippen LogP contribution in [0.4, 0.5) is 0 Å². The molecule has 1 amide bonds. The highest BCUT2D eigenvalue weighted by atomic mass is 35.5. The predicted molar refractivity (Wildman–Crippen MR) is 86.0 cm³/mol. The predicted octanol–water partition coefficient (Wildman–Crippen LogP) is 1.53. The maximum Gasteiger partial charge on any atom is 0.222 e. The summed E-state index contributed by atoms with van der Waals surface area (Å²) in [6.45, 7) is 1.02. The van der Waals surface area contributed by atoms with Gasteiger partial charge in [-0.25, -0.2) is 0 Å². The van der Waals surface area contributed by atoms with Crippen LogP contribution in [0.5, 0.6) is 5.75 Å². The van der Waals surface area contributed by atoms with Crippen molar-refractivity contribution in [2.75, 3.05) is 27.3 Å². The van der Waals surface area contributed by atoms with Crippen LogP contribution in [0, 0.1) is 0 Å². The summed E-state index contributed by atoms with van der Waals surface area (Å²) in [5.74, 6) is 0.839. The fourth-order valence-electron chi connectivity index (χ4n) is 1.85. The molecule has 1 rings (SSSR count). The van der Waals surface area contributed by atoms with Crippen LogP contribution in [0.25, 0.3) is 0 Å². The van der Waals surface area contributed by atoms with E-state index in [1.54, 1.807) is 14.2 Å². The van der Waals surface area contributed by atoms with Crippen molar-refractivity contribution in [1.82, 2.24) is 5.32 Å². The molecule has 3 N–H and O–H groups in total. The van der Waals surface area contributed by atoms with Crippen LogP contribution >= 0.6 is 12.4 Å². The summed E-state index contributed by atoms with van der Waals surface area (Å²) in [4.78, 5) is 11.6. The third-order valence-electron chi connectivity index (χ3n) is 3.13. The number of methoxy groups -OCH3 is 2. The maximum absolute atomic E-state index is 11.6. The standard InChI is InChI=1S/C15H24N2O3.ClH/c1-19-13-7-5-12(6-8-13)4-3-9-17-15(18)10-14(11-16)20-2;/h5-8,14H,3-4,9-11,16H2,1-2H3,(H,17,18);1H. The number of amides is 1. The zero-order chi connectivity index (χ0) is 14.8. The number of nitrogens with one attached hydrogen (secondary N) is 1. The molecule has 0 spiro atoms. The van der Waals surface area contributed by atoms with E-state index in [-0.39, 0.29) is 24.4 Å². The maximum atomic E-state index is 11.6. The summed E-state index contributed by atoms with van der Waals surface area (Å²) >= 11 is 0. The molecule has 6 heteroatoms. The van der Waals surface area contributed by atoms with E-state index in [2.05, 4.69) is 5.32 Å². The van der Waals surface area contributed by atoms with E-state index in [4.69, 9.17) is 15.2 Å². The average molecular weight is 317 g/mol. The number of ether oxygens (including phenoxy) is 2. The third-order valence-corrected chi connectivity index (χ3v) is 3.13. The lowest BCUT2D eigenvalue weighted by atomic mass is 10.1. The SMILES string of the molecule is COc1ccc(CCCNC(=O)CC(CN)OC)cc1.Cl. The van der Waals surface area contributed by atoms with E-state index in [9.17, 15) is 4.79 Å². The van der Waals surface area contributed by atoms with Gasteiger partial charge in [-0.05, 0) is 30.5 Å². The quantitative estimate of drug-likeness (QED) is 0.678. The van der Waals surface area contributed by atoms with Gasteiger partial charge in [0.2, 0.25) is 5.91 Å². The van der Waals surface area contributed by atoms with Crippen LogP contribution in [0.2, 0.25) is 0 Å². The molecule has 0 fully saturated rings. The van der Waals surface area contributed by atoms with Crippen LogP contribution in [0.3, 0.4) is 0 Å². The first-order valence-corrected chi connectivity index (χ1v) is 6.82. The molecule has 5 nitrogen and oxygen atoms in total. The van der Waals surface area contributed by atoms with Gasteiger partial charge >= 0.3 is 0 Å². The molecule has 0 aliphatic heterocycles. The lowest BCUT2D eigenvalue weighted by molar-refractivity contribution is -0.123. The topological polar surface area (TPSA) is 73.6 Å². The molecule has 1 unspecified atom stereocenters. The second-order valence-corrected chi connectivity index (χ2v) is 4.60. The fraction of sp³-hybridized carbons (Fsp3) is 0.533. The van der Waals surface area contributed by atoms with Gasteiger partial charge in [0.15, 0.2) is 0 Å². The highest BCUT2D eigenvalue weighted by Crippen LogP contribution is 2.12. The van der Waals surface area contributed by atoms with Crippen molar-refractivity contribution in [2.24, 2.45) is 5.73 Å². The summed E-state index contributed by atoms with van der Waals surface area (Å²) in [5.41, 5.74) is 6.70. The molecule has 0 radical (unpaired) electrons. The summed E-state index contributed by atoms with van der Waals surface area (Å²) in [5, 5.41) is 2.88. The van der Waals surface area contributed by atoms with Crippen LogP contribution in [0.15, 0.2) is 24.3 Å². The number of rotatable bonds is 9. The second kappa shape index (κ2) is 11.4. The molecule has 0 aromatic heterocycles. The number of nitrogens with two attached hydrogens (primary N) is 1. The van der Waals surface area contributed by atoms with Crippen LogP contribution in [0.1, 0.15) is 18.4 Å². The number of halogens is 1. The second-order valence-electron chi connectivity index (χ2n) is 4.60. The first-order valence-electron chi connectivity index (χ1n) is 6.82. The molecule has 0 bridgehead atoms. The van der Waals surface area contributed by atoms with Crippen molar-refractivity contribution < 1.29 is 14.3 Å². The van der Waals surface area contributed by atoms with E-state index in [0.29, 0.717) is 19.5 Å². The zero-order valence-electron chi connectivity index (χ0n) is 12.6. The van der Waals surface area contributed by atoms with Crippen LogP contribution in [-0.2, 0) is 16.0 Å². The van der Waals surface area contributed by atoms with Crippen LogP contribution in [-0.4, -0.2) is 39.3 Å². The largest absolute Gasteiger partial charge is 0.497 e. The lowest BCUT2D eigenvalue weighted by Crippen LogP contribution is -2.32. The van der Waals surface area contributed by atoms with Gasteiger partial charge in [-0.1, -0.05) is 12.1 Å². The Morgan fingerprint density at radius 1 is 1.29 bits per heavy atom. The Kier molecular flexibility index (Phi) is 10.7. The van der Waals surface area contributed by atoms with E-state index in [1.165, 1.54) is 5.56 Å². The molecular formula is C15H25ClN2O3. The molecule has 21 heavy (non-hydrogen) atoms. The minimum absolute atomic E-state index is 0. The summed E-state index contributed by atoms with van der Waals surface area (Å²) < 4.78 is 10.2. The Bertz CT molecular complexity index is 394. The number of benzene rings is 1. The monoisotopic (exact) mass is 316 g/mol. The number of hydrogen-bond acceptors (Lipinski definition) is 4. The summed E-state index contributed by atoms with van der Waals surface area (Å²) in [6, 6.07) is 7.96. The first-order chi connectivity index (χ1) is 9.69. The van der Waals surface area contributed by atoms with Crippen molar-refractivity contribution >= 4 is 18.3 Å². The summed E-state index contributed by atoms with van der Waals surface area (Å²) in [6.07, 6.45) is 1.94. The van der Waals surface area contributed by atoms with Crippen molar-refractivity contribution in [2.45, 2.75) is 25.4 Å². The minimum Gasteiger partial charge on any atom is -0.497 e. The zero-order valence-corrected chi connectivity index (χ0v) is 13.4. The summed E-state index contributed by atoms with van der Waals surface area (Å²) in [7, 11) is 3.22. The highest BCUT2D eigenvalue weighted by molar-refractivity contribution is 5.85. The van der Waals surface area contributed by atoms with E-state index in [1.807, 2.05) is 24.3 Å². The lowest BCUT2D eigenvalue weighted by Gasteiger charge is -2.12. The van der Waals surface area contributed by atoms with Gasteiger partial charge in [0, 0.05) is 20.2 Å². The molecule has 1 aromatic rings. The molecule has 0 heterocycles. The fourth-order valence-corrected chi connectivity index (χ4v) is 1.85. The average Bonchev–Trinajstić information content (AvgIpc) is 2.49. The molecule has 0 aliphatic rings. The molecule has 120 valence electrons. The Labute approximate surface area is 132 Å². The van der Waals surface area contributed by atoms with Crippen molar-refractivity contribution in [3.63, 3.8) is 0 Å². The number of carbonyl (C=O) groups is 1. The minimum atomic E-state index is -0.198. The molecule has 0 saturated carbocycles. The number of carbonyl (C=O) groups excluding carboxylic acids is 1. The molecule has 1 atom stereocenters. The molecule has 0 aliphatic carbocycles. The van der Waals surface area contributed by atoms with E-state index < -0.39 is 0 Å². The molecular weight excluding hydrogens is 292 g/mol. The first kappa shape index (κ1) is 19.7. The van der Waals surface area contributed by atoms with Gasteiger partial charge in [0.1, 0.15) is 5.75 Å². The number of aryl methyl sites for hydroxylation is 1. The number of hydrogen-bond donors (Lipinski definition) is 2. The van der Waals surface area contributed by atoms with E-state index in [0.717, 1.165) is 18.6 Å². The van der Waals surface area contributed by atoms with E-state index >= 15 is 0 Å². The van der Waals surface area contributed by atoms with Crippen LogP contribution < -0.4 is 15.8 Å². The highest BCUT2D eigenvalue weighted by Gasteiger charge is 2.10. The van der Waals surface area contributed by atoms with Gasteiger partial charge < -0.3 is 20.5 Å². The Balaban J connectivity index is 0.00000400. The Morgan fingerprint density at radius 3 is 2.48 bits per heavy atom. The Hall–Kier alpha value is -1.30. The normalized spacial score (nSPS) is 11.4. The van der Waals surface area contributed by atoms with Gasteiger partial charge in [-0.3, -0.25) is 4.79 Å². The molecule has 0 saturated heterocycles. The van der Waals surface area contributed by atoms with Gasteiger partial charge in [0.05, 0.1) is 19.6 Å². The third kappa shape index (κ3) is 7.90.